The van der Waals surface area contributed by atoms with E-state index in [2.05, 4.69) is 22.5 Å². The summed E-state index contributed by atoms with van der Waals surface area (Å²) in [4.78, 5) is 26.5. The van der Waals surface area contributed by atoms with Crippen molar-refractivity contribution in [3.63, 3.8) is 0 Å². The number of rotatable bonds is 5. The Morgan fingerprint density at radius 1 is 1.00 bits per heavy atom. The SMILES string of the molecule is CCN(C)c1cccc(NC(=O)c2cccc(NC(=O)OC(C)(C)C)c2)c1. The molecule has 2 N–H and O–H groups in total. The molecule has 2 aromatic rings. The number of benzene rings is 2. The molecule has 0 aliphatic rings. The van der Waals surface area contributed by atoms with Crippen LogP contribution in [0.15, 0.2) is 48.5 Å². The first-order chi connectivity index (χ1) is 12.7. The largest absolute Gasteiger partial charge is 0.444 e. The molecule has 0 spiro atoms. The first-order valence-electron chi connectivity index (χ1n) is 8.90. The maximum atomic E-state index is 12.6. The fourth-order valence-corrected chi connectivity index (χ4v) is 2.37. The van der Waals surface area contributed by atoms with E-state index >= 15 is 0 Å². The van der Waals surface area contributed by atoms with E-state index in [-0.39, 0.29) is 5.91 Å². The summed E-state index contributed by atoms with van der Waals surface area (Å²) >= 11 is 0. The lowest BCUT2D eigenvalue weighted by atomic mass is 10.1. The molecule has 0 bridgehead atoms. The Kier molecular flexibility index (Phi) is 6.45. The lowest BCUT2D eigenvalue weighted by Crippen LogP contribution is -2.27. The van der Waals surface area contributed by atoms with Gasteiger partial charge in [0.15, 0.2) is 0 Å². The van der Waals surface area contributed by atoms with Crippen LogP contribution in [0.4, 0.5) is 21.9 Å². The average molecular weight is 369 g/mol. The Bertz CT molecular complexity index is 812. The maximum Gasteiger partial charge on any atom is 0.412 e. The van der Waals surface area contributed by atoms with Crippen LogP contribution in [0, 0.1) is 0 Å². The molecule has 0 atom stereocenters. The van der Waals surface area contributed by atoms with Crippen LogP contribution >= 0.6 is 0 Å². The van der Waals surface area contributed by atoms with Crippen molar-refractivity contribution in [1.82, 2.24) is 0 Å². The molecule has 2 rings (SSSR count). The minimum absolute atomic E-state index is 0.251. The lowest BCUT2D eigenvalue weighted by Gasteiger charge is -2.19. The number of nitrogens with one attached hydrogen (secondary N) is 2. The van der Waals surface area contributed by atoms with Crippen molar-refractivity contribution in [2.75, 3.05) is 29.1 Å². The highest BCUT2D eigenvalue weighted by Gasteiger charge is 2.16. The zero-order chi connectivity index (χ0) is 20.0. The van der Waals surface area contributed by atoms with Crippen LogP contribution in [0.2, 0.25) is 0 Å². The van der Waals surface area contributed by atoms with Crippen molar-refractivity contribution >= 4 is 29.1 Å². The molecule has 0 radical (unpaired) electrons. The summed E-state index contributed by atoms with van der Waals surface area (Å²) in [6.45, 7) is 8.31. The fourth-order valence-electron chi connectivity index (χ4n) is 2.37. The van der Waals surface area contributed by atoms with Crippen molar-refractivity contribution in [1.29, 1.82) is 0 Å². The van der Waals surface area contributed by atoms with Gasteiger partial charge in [-0.3, -0.25) is 10.1 Å². The third kappa shape index (κ3) is 6.33. The number of hydrogen-bond donors (Lipinski definition) is 2. The quantitative estimate of drug-likeness (QED) is 0.798. The Morgan fingerprint density at radius 3 is 2.26 bits per heavy atom. The standard InChI is InChI=1S/C21H27N3O3/c1-6-24(5)18-12-8-11-17(14-18)22-19(25)15-9-7-10-16(13-15)23-20(26)27-21(2,3)4/h7-14H,6H2,1-5H3,(H,22,25)(H,23,26). The van der Waals surface area contributed by atoms with Crippen LogP contribution < -0.4 is 15.5 Å². The van der Waals surface area contributed by atoms with Crippen molar-refractivity contribution in [3.8, 4) is 0 Å². The Balaban J connectivity index is 2.08. The average Bonchev–Trinajstić information content (AvgIpc) is 2.59. The van der Waals surface area contributed by atoms with E-state index in [0.29, 0.717) is 16.9 Å². The number of carbonyl (C=O) groups is 2. The van der Waals surface area contributed by atoms with Gasteiger partial charge in [0.05, 0.1) is 0 Å². The van der Waals surface area contributed by atoms with Gasteiger partial charge in [-0.05, 0) is 64.1 Å². The molecular formula is C21H27N3O3. The maximum absolute atomic E-state index is 12.6. The van der Waals surface area contributed by atoms with E-state index in [1.807, 2.05) is 31.3 Å². The van der Waals surface area contributed by atoms with Gasteiger partial charge in [0.1, 0.15) is 5.60 Å². The van der Waals surface area contributed by atoms with Gasteiger partial charge in [-0.25, -0.2) is 4.79 Å². The van der Waals surface area contributed by atoms with Crippen LogP contribution in [0.5, 0.6) is 0 Å². The van der Waals surface area contributed by atoms with Gasteiger partial charge < -0.3 is 15.0 Å². The molecule has 6 heteroatoms. The second-order valence-corrected chi connectivity index (χ2v) is 7.23. The molecule has 0 saturated heterocycles. The van der Waals surface area contributed by atoms with Crippen molar-refractivity contribution in [2.45, 2.75) is 33.3 Å². The fraction of sp³-hybridized carbons (Fsp3) is 0.333. The van der Waals surface area contributed by atoms with Crippen molar-refractivity contribution < 1.29 is 14.3 Å². The Hall–Kier alpha value is -3.02. The molecule has 2 amide bonds. The Labute approximate surface area is 160 Å². The molecule has 0 fully saturated rings. The smallest absolute Gasteiger partial charge is 0.412 e. The molecule has 2 aromatic carbocycles. The van der Waals surface area contributed by atoms with Crippen molar-refractivity contribution in [3.05, 3.63) is 54.1 Å². The molecule has 0 unspecified atom stereocenters. The third-order valence-corrected chi connectivity index (χ3v) is 3.79. The minimum Gasteiger partial charge on any atom is -0.444 e. The van der Waals surface area contributed by atoms with E-state index in [1.165, 1.54) is 0 Å². The van der Waals surface area contributed by atoms with Gasteiger partial charge in [-0.15, -0.1) is 0 Å². The van der Waals surface area contributed by atoms with Crippen LogP contribution in [0.3, 0.4) is 0 Å². The minimum atomic E-state index is -0.588. The molecule has 0 heterocycles. The molecule has 0 aromatic heterocycles. The summed E-state index contributed by atoms with van der Waals surface area (Å²) in [6, 6.07) is 14.4. The second-order valence-electron chi connectivity index (χ2n) is 7.23. The number of ether oxygens (including phenoxy) is 1. The second kappa shape index (κ2) is 8.58. The highest BCUT2D eigenvalue weighted by molar-refractivity contribution is 6.05. The van der Waals surface area contributed by atoms with E-state index in [0.717, 1.165) is 12.2 Å². The van der Waals surface area contributed by atoms with Gasteiger partial charge in [0.25, 0.3) is 5.91 Å². The molecule has 6 nitrogen and oxygen atoms in total. The van der Waals surface area contributed by atoms with Gasteiger partial charge >= 0.3 is 6.09 Å². The van der Waals surface area contributed by atoms with Crippen LogP contribution in [0.1, 0.15) is 38.1 Å². The highest BCUT2D eigenvalue weighted by Crippen LogP contribution is 2.20. The zero-order valence-electron chi connectivity index (χ0n) is 16.5. The van der Waals surface area contributed by atoms with Crippen molar-refractivity contribution in [2.24, 2.45) is 0 Å². The number of anilines is 3. The third-order valence-electron chi connectivity index (χ3n) is 3.79. The predicted molar refractivity (Wildman–Crippen MR) is 110 cm³/mol. The predicted octanol–water partition coefficient (Wildman–Crippen LogP) is 4.74. The summed E-state index contributed by atoms with van der Waals surface area (Å²) in [5.74, 6) is -0.251. The van der Waals surface area contributed by atoms with Gasteiger partial charge in [-0.1, -0.05) is 12.1 Å². The first-order valence-corrected chi connectivity index (χ1v) is 8.90. The monoisotopic (exact) mass is 369 g/mol. The summed E-state index contributed by atoms with van der Waals surface area (Å²) in [6.07, 6.45) is -0.560. The van der Waals surface area contributed by atoms with Crippen LogP contribution in [0.25, 0.3) is 0 Å². The molecule has 0 aliphatic heterocycles. The summed E-state index contributed by atoms with van der Waals surface area (Å²) < 4.78 is 5.23. The number of amides is 2. The molecule has 144 valence electrons. The lowest BCUT2D eigenvalue weighted by molar-refractivity contribution is 0.0635. The van der Waals surface area contributed by atoms with Gasteiger partial charge in [-0.2, -0.15) is 0 Å². The highest BCUT2D eigenvalue weighted by atomic mass is 16.6. The molecule has 27 heavy (non-hydrogen) atoms. The van der Waals surface area contributed by atoms with Gasteiger partial charge in [0, 0.05) is 36.2 Å². The zero-order valence-corrected chi connectivity index (χ0v) is 16.5. The van der Waals surface area contributed by atoms with E-state index in [4.69, 9.17) is 4.74 Å². The van der Waals surface area contributed by atoms with Crippen LogP contribution in [-0.2, 0) is 4.74 Å². The number of hydrogen-bond acceptors (Lipinski definition) is 4. The normalized spacial score (nSPS) is 10.9. The first kappa shape index (κ1) is 20.3. The van der Waals surface area contributed by atoms with E-state index in [1.54, 1.807) is 45.0 Å². The Morgan fingerprint density at radius 2 is 1.63 bits per heavy atom. The summed E-state index contributed by atoms with van der Waals surface area (Å²) in [5.41, 5.74) is 2.09. The topological polar surface area (TPSA) is 70.7 Å². The van der Waals surface area contributed by atoms with Gasteiger partial charge in [0.2, 0.25) is 0 Å². The van der Waals surface area contributed by atoms with Crippen LogP contribution in [-0.4, -0.2) is 31.2 Å². The molecule has 0 aliphatic carbocycles. The molecular weight excluding hydrogens is 342 g/mol. The summed E-state index contributed by atoms with van der Waals surface area (Å²) in [7, 11) is 1.99. The molecule has 0 saturated carbocycles. The number of nitrogens with zero attached hydrogens (tertiary/aromatic N) is 1. The number of carbonyl (C=O) groups excluding carboxylic acids is 2. The van der Waals surface area contributed by atoms with E-state index in [9.17, 15) is 9.59 Å². The summed E-state index contributed by atoms with van der Waals surface area (Å²) in [5, 5.41) is 5.53. The van der Waals surface area contributed by atoms with E-state index < -0.39 is 11.7 Å².